The van der Waals surface area contributed by atoms with Crippen molar-refractivity contribution in [2.45, 2.75) is 51.4 Å². The van der Waals surface area contributed by atoms with E-state index in [1.807, 2.05) is 0 Å². The summed E-state index contributed by atoms with van der Waals surface area (Å²) in [5, 5.41) is 0. The molecule has 0 amide bonds. The molecular weight excluding hydrogens is 216 g/mol. The first-order chi connectivity index (χ1) is 8.90. The van der Waals surface area contributed by atoms with Crippen molar-refractivity contribution in [2.75, 3.05) is 0 Å². The van der Waals surface area contributed by atoms with Gasteiger partial charge < -0.3 is 0 Å². The van der Waals surface area contributed by atoms with E-state index in [9.17, 15) is 0 Å². The summed E-state index contributed by atoms with van der Waals surface area (Å²) < 4.78 is 0. The summed E-state index contributed by atoms with van der Waals surface area (Å²) in [5.41, 5.74) is 3.60. The Morgan fingerprint density at radius 3 is 1.78 bits per heavy atom. The second kappa shape index (κ2) is 3.52. The van der Waals surface area contributed by atoms with Crippen LogP contribution in [-0.2, 0) is 0 Å². The normalized spacial score (nSPS) is 52.4. The zero-order valence-corrected chi connectivity index (χ0v) is 11.3. The van der Waals surface area contributed by atoms with Crippen molar-refractivity contribution < 1.29 is 0 Å². The van der Waals surface area contributed by atoms with Gasteiger partial charge in [-0.25, -0.2) is 0 Å². The van der Waals surface area contributed by atoms with Crippen LogP contribution in [0.25, 0.3) is 0 Å². The summed E-state index contributed by atoms with van der Waals surface area (Å²) in [7, 11) is 0. The van der Waals surface area contributed by atoms with Crippen LogP contribution in [0.3, 0.4) is 0 Å². The molecule has 0 aromatic rings. The van der Waals surface area contributed by atoms with Crippen LogP contribution in [0.5, 0.6) is 0 Å². The molecule has 0 spiro atoms. The average molecular weight is 240 g/mol. The van der Waals surface area contributed by atoms with Gasteiger partial charge in [-0.1, -0.05) is 23.3 Å². The number of hydrogen-bond acceptors (Lipinski definition) is 0. The molecule has 0 saturated heterocycles. The Hall–Kier alpha value is -0.520. The average Bonchev–Trinajstić information content (AvgIpc) is 3.06. The van der Waals surface area contributed by atoms with Crippen molar-refractivity contribution in [3.8, 4) is 0 Å². The minimum atomic E-state index is 0.977. The summed E-state index contributed by atoms with van der Waals surface area (Å²) in [4.78, 5) is 0. The van der Waals surface area contributed by atoms with Crippen LogP contribution in [0, 0.1) is 35.5 Å². The van der Waals surface area contributed by atoms with Gasteiger partial charge in [-0.2, -0.15) is 0 Å². The smallest absolute Gasteiger partial charge is 0.00962 e. The molecule has 0 aliphatic heterocycles. The van der Waals surface area contributed by atoms with Crippen LogP contribution in [0.2, 0.25) is 0 Å². The van der Waals surface area contributed by atoms with Gasteiger partial charge in [0.1, 0.15) is 0 Å². The maximum Gasteiger partial charge on any atom is -0.00962 e. The molecule has 6 unspecified atom stereocenters. The van der Waals surface area contributed by atoms with Crippen LogP contribution < -0.4 is 0 Å². The van der Waals surface area contributed by atoms with Gasteiger partial charge in [-0.3, -0.25) is 0 Å². The van der Waals surface area contributed by atoms with E-state index in [-0.39, 0.29) is 0 Å². The van der Waals surface area contributed by atoms with Gasteiger partial charge in [0.15, 0.2) is 0 Å². The van der Waals surface area contributed by atoms with Crippen LogP contribution in [0.1, 0.15) is 51.4 Å². The molecule has 6 atom stereocenters. The maximum atomic E-state index is 2.45. The molecule has 4 saturated carbocycles. The summed E-state index contributed by atoms with van der Waals surface area (Å²) in [6, 6.07) is 0. The third kappa shape index (κ3) is 1.22. The van der Waals surface area contributed by atoms with Gasteiger partial charge in [0.25, 0.3) is 0 Å². The third-order valence-corrected chi connectivity index (χ3v) is 7.25. The standard InChI is InChI=1S/C18H24/c1-2-12-9-11(1)15-5-6-17-13-3-4-14(10-13)18(17)8-7-16(12)15/h1-2,13-18H,3-10H2. The van der Waals surface area contributed by atoms with Gasteiger partial charge in [-0.05, 0) is 86.9 Å². The molecular formula is C18H24. The lowest BCUT2D eigenvalue weighted by molar-refractivity contribution is 0.154. The fraction of sp³-hybridized carbons (Fsp3) is 0.778. The molecule has 0 radical (unpaired) electrons. The van der Waals surface area contributed by atoms with E-state index >= 15 is 0 Å². The van der Waals surface area contributed by atoms with Crippen LogP contribution in [0.4, 0.5) is 0 Å². The molecule has 0 aromatic carbocycles. The van der Waals surface area contributed by atoms with Crippen LogP contribution in [-0.4, -0.2) is 0 Å². The Morgan fingerprint density at radius 2 is 1.22 bits per heavy atom. The fourth-order valence-electron chi connectivity index (χ4n) is 6.54. The van der Waals surface area contributed by atoms with E-state index in [1.165, 1.54) is 19.3 Å². The quantitative estimate of drug-likeness (QED) is 0.574. The Bertz CT molecular complexity index is 401. The molecule has 5 rings (SSSR count). The topological polar surface area (TPSA) is 0 Å². The predicted molar refractivity (Wildman–Crippen MR) is 74.0 cm³/mol. The Kier molecular flexibility index (Phi) is 2.01. The van der Waals surface area contributed by atoms with Crippen molar-refractivity contribution in [3.63, 3.8) is 0 Å². The second-order valence-electron chi connectivity index (χ2n) is 7.69. The fourth-order valence-corrected chi connectivity index (χ4v) is 6.54. The van der Waals surface area contributed by atoms with Crippen molar-refractivity contribution in [1.29, 1.82) is 0 Å². The monoisotopic (exact) mass is 240 g/mol. The SMILES string of the molecule is C1=C2CC(=C1)C1CCC3C4CCC(C4)C3CCC21. The molecule has 5 aliphatic carbocycles. The molecule has 0 N–H and O–H groups in total. The van der Waals surface area contributed by atoms with Crippen molar-refractivity contribution in [2.24, 2.45) is 35.5 Å². The molecule has 96 valence electrons. The van der Waals surface area contributed by atoms with Gasteiger partial charge in [0.05, 0.1) is 0 Å². The minimum Gasteiger partial charge on any atom is -0.0625 e. The van der Waals surface area contributed by atoms with Crippen LogP contribution >= 0.6 is 0 Å². The molecule has 18 heavy (non-hydrogen) atoms. The largest absolute Gasteiger partial charge is 0.0625 e. The molecule has 0 aromatic heterocycles. The molecule has 0 heterocycles. The van der Waals surface area contributed by atoms with Gasteiger partial charge >= 0.3 is 0 Å². The van der Waals surface area contributed by atoms with E-state index in [2.05, 4.69) is 12.2 Å². The van der Waals surface area contributed by atoms with Crippen molar-refractivity contribution in [1.82, 2.24) is 0 Å². The first-order valence-electron chi connectivity index (χ1n) is 8.29. The minimum absolute atomic E-state index is 0.977. The highest BCUT2D eigenvalue weighted by Gasteiger charge is 2.49. The predicted octanol–water partition coefficient (Wildman–Crippen LogP) is 4.73. The summed E-state index contributed by atoms with van der Waals surface area (Å²) >= 11 is 0. The van der Waals surface area contributed by atoms with E-state index in [1.54, 1.807) is 43.3 Å². The molecule has 0 nitrogen and oxygen atoms in total. The van der Waals surface area contributed by atoms with E-state index in [0.29, 0.717) is 0 Å². The Morgan fingerprint density at radius 1 is 0.667 bits per heavy atom. The maximum absolute atomic E-state index is 2.45. The number of allylic oxidation sites excluding steroid dienone is 4. The number of hydrogen-bond donors (Lipinski definition) is 0. The van der Waals surface area contributed by atoms with E-state index < -0.39 is 0 Å². The van der Waals surface area contributed by atoms with Crippen molar-refractivity contribution in [3.05, 3.63) is 23.3 Å². The highest BCUT2D eigenvalue weighted by Crippen LogP contribution is 2.59. The Balaban J connectivity index is 1.43. The zero-order chi connectivity index (χ0) is 11.7. The number of rotatable bonds is 0. The van der Waals surface area contributed by atoms with Gasteiger partial charge in [-0.15, -0.1) is 0 Å². The van der Waals surface area contributed by atoms with Gasteiger partial charge in [0, 0.05) is 0 Å². The third-order valence-electron chi connectivity index (χ3n) is 7.25. The molecule has 4 fully saturated rings. The second-order valence-corrected chi connectivity index (χ2v) is 7.69. The van der Waals surface area contributed by atoms with Gasteiger partial charge in [0.2, 0.25) is 0 Å². The van der Waals surface area contributed by atoms with E-state index in [4.69, 9.17) is 0 Å². The highest BCUT2D eigenvalue weighted by atomic mass is 14.5. The first kappa shape index (κ1) is 10.3. The number of fused-ring (bicyclic) bond motifs is 10. The summed E-state index contributed by atoms with van der Waals surface area (Å²) in [6.07, 6.45) is 17.2. The lowest BCUT2D eigenvalue weighted by Gasteiger charge is -2.37. The zero-order valence-electron chi connectivity index (χ0n) is 11.3. The summed E-state index contributed by atoms with van der Waals surface area (Å²) in [6.45, 7) is 0. The first-order valence-corrected chi connectivity index (χ1v) is 8.29. The van der Waals surface area contributed by atoms with E-state index in [0.717, 1.165) is 35.5 Å². The summed E-state index contributed by atoms with van der Waals surface area (Å²) in [5.74, 6) is 6.51. The van der Waals surface area contributed by atoms with Crippen molar-refractivity contribution >= 4 is 0 Å². The van der Waals surface area contributed by atoms with Crippen LogP contribution in [0.15, 0.2) is 23.3 Å². The Labute approximate surface area is 111 Å². The molecule has 4 bridgehead atoms. The highest BCUT2D eigenvalue weighted by molar-refractivity contribution is 5.41. The molecule has 5 aliphatic rings. The lowest BCUT2D eigenvalue weighted by atomic mass is 9.68. The lowest BCUT2D eigenvalue weighted by Crippen LogP contribution is -2.28. The molecule has 0 heteroatoms.